The molecule has 0 aliphatic carbocycles. The number of aryl methyl sites for hydroxylation is 1. The number of carbonyl (C=O) groups is 1. The zero-order chi connectivity index (χ0) is 15.2. The number of amides is 1. The van der Waals surface area contributed by atoms with E-state index < -0.39 is 0 Å². The minimum atomic E-state index is 0.147. The molecule has 0 saturated carbocycles. The SMILES string of the molecule is CCNc1nc(CC)nc(NCC(=O)N2CCCC2)c1C. The van der Waals surface area contributed by atoms with Crippen LogP contribution in [0.5, 0.6) is 0 Å². The van der Waals surface area contributed by atoms with Crippen LogP contribution in [-0.2, 0) is 11.2 Å². The Morgan fingerprint density at radius 2 is 1.76 bits per heavy atom. The minimum absolute atomic E-state index is 0.147. The third-order valence-corrected chi connectivity index (χ3v) is 3.72. The molecule has 0 spiro atoms. The average molecular weight is 291 g/mol. The lowest BCUT2D eigenvalue weighted by atomic mass is 10.3. The second-order valence-electron chi connectivity index (χ2n) is 5.29. The van der Waals surface area contributed by atoms with Crippen LogP contribution in [0.3, 0.4) is 0 Å². The van der Waals surface area contributed by atoms with E-state index in [1.807, 2.05) is 25.7 Å². The van der Waals surface area contributed by atoms with Crippen molar-refractivity contribution < 1.29 is 4.79 Å². The van der Waals surface area contributed by atoms with Crippen LogP contribution in [0.4, 0.5) is 11.6 Å². The molecule has 1 amide bonds. The van der Waals surface area contributed by atoms with Crippen molar-refractivity contribution in [2.75, 3.05) is 36.8 Å². The average Bonchev–Trinajstić information content (AvgIpc) is 3.02. The molecule has 6 heteroatoms. The normalized spacial score (nSPS) is 14.3. The van der Waals surface area contributed by atoms with Crippen molar-refractivity contribution in [1.82, 2.24) is 14.9 Å². The smallest absolute Gasteiger partial charge is 0.241 e. The van der Waals surface area contributed by atoms with Crippen LogP contribution >= 0.6 is 0 Å². The molecule has 1 aliphatic heterocycles. The van der Waals surface area contributed by atoms with E-state index in [1.54, 1.807) is 0 Å². The molecular formula is C15H25N5O. The largest absolute Gasteiger partial charge is 0.370 e. The van der Waals surface area contributed by atoms with Crippen molar-refractivity contribution in [3.8, 4) is 0 Å². The van der Waals surface area contributed by atoms with Crippen LogP contribution in [0.25, 0.3) is 0 Å². The predicted molar refractivity (Wildman–Crippen MR) is 84.6 cm³/mol. The summed E-state index contributed by atoms with van der Waals surface area (Å²) in [7, 11) is 0. The topological polar surface area (TPSA) is 70.1 Å². The van der Waals surface area contributed by atoms with Crippen molar-refractivity contribution in [1.29, 1.82) is 0 Å². The fourth-order valence-corrected chi connectivity index (χ4v) is 2.47. The van der Waals surface area contributed by atoms with Crippen LogP contribution < -0.4 is 10.6 Å². The van der Waals surface area contributed by atoms with Gasteiger partial charge in [-0.1, -0.05) is 6.92 Å². The number of aromatic nitrogens is 2. The Kier molecular flexibility index (Phi) is 5.36. The summed E-state index contributed by atoms with van der Waals surface area (Å²) in [6, 6.07) is 0. The molecule has 1 aromatic heterocycles. The van der Waals surface area contributed by atoms with Gasteiger partial charge >= 0.3 is 0 Å². The summed E-state index contributed by atoms with van der Waals surface area (Å²) in [4.78, 5) is 23.0. The quantitative estimate of drug-likeness (QED) is 0.836. The van der Waals surface area contributed by atoms with E-state index in [-0.39, 0.29) is 5.91 Å². The monoisotopic (exact) mass is 291 g/mol. The van der Waals surface area contributed by atoms with Crippen LogP contribution in [-0.4, -0.2) is 47.0 Å². The summed E-state index contributed by atoms with van der Waals surface area (Å²) in [6.07, 6.45) is 3.00. The molecule has 0 atom stereocenters. The molecule has 21 heavy (non-hydrogen) atoms. The van der Waals surface area contributed by atoms with Gasteiger partial charge in [-0.05, 0) is 26.7 Å². The Balaban J connectivity index is 2.07. The van der Waals surface area contributed by atoms with E-state index in [0.717, 1.165) is 61.9 Å². The number of anilines is 2. The van der Waals surface area contributed by atoms with Gasteiger partial charge in [0, 0.05) is 31.6 Å². The molecule has 116 valence electrons. The van der Waals surface area contributed by atoms with Crippen molar-refractivity contribution in [2.45, 2.75) is 40.0 Å². The maximum Gasteiger partial charge on any atom is 0.241 e. The number of nitrogens with one attached hydrogen (secondary N) is 2. The Labute approximate surface area is 126 Å². The lowest BCUT2D eigenvalue weighted by Crippen LogP contribution is -2.33. The summed E-state index contributed by atoms with van der Waals surface area (Å²) in [5.74, 6) is 2.53. The molecule has 2 heterocycles. The molecular weight excluding hydrogens is 266 g/mol. The van der Waals surface area contributed by atoms with Crippen LogP contribution in [0.1, 0.15) is 38.1 Å². The second-order valence-corrected chi connectivity index (χ2v) is 5.29. The summed E-state index contributed by atoms with van der Waals surface area (Å²) < 4.78 is 0. The number of carbonyl (C=O) groups excluding carboxylic acids is 1. The first-order valence-corrected chi connectivity index (χ1v) is 7.78. The first-order valence-electron chi connectivity index (χ1n) is 7.78. The van der Waals surface area contributed by atoms with Crippen molar-refractivity contribution in [3.63, 3.8) is 0 Å². The van der Waals surface area contributed by atoms with Gasteiger partial charge in [0.05, 0.1) is 6.54 Å². The lowest BCUT2D eigenvalue weighted by molar-refractivity contribution is -0.128. The van der Waals surface area contributed by atoms with Gasteiger partial charge in [0.25, 0.3) is 0 Å². The van der Waals surface area contributed by atoms with E-state index in [4.69, 9.17) is 0 Å². The highest BCUT2D eigenvalue weighted by Gasteiger charge is 2.18. The molecule has 0 aromatic carbocycles. The first kappa shape index (κ1) is 15.5. The Morgan fingerprint density at radius 3 is 2.33 bits per heavy atom. The van der Waals surface area contributed by atoms with Gasteiger partial charge in [0.2, 0.25) is 5.91 Å². The molecule has 0 radical (unpaired) electrons. The molecule has 6 nitrogen and oxygen atoms in total. The predicted octanol–water partition coefficient (Wildman–Crippen LogP) is 1.81. The van der Waals surface area contributed by atoms with Crippen LogP contribution in [0.2, 0.25) is 0 Å². The lowest BCUT2D eigenvalue weighted by Gasteiger charge is -2.17. The maximum atomic E-state index is 12.1. The number of rotatable bonds is 6. The Morgan fingerprint density at radius 1 is 1.14 bits per heavy atom. The van der Waals surface area contributed by atoms with Gasteiger partial charge in [-0.3, -0.25) is 4.79 Å². The maximum absolute atomic E-state index is 12.1. The van der Waals surface area contributed by atoms with E-state index in [2.05, 4.69) is 20.6 Å². The standard InChI is InChI=1S/C15H25N5O/c1-4-12-18-14(16-5-2)11(3)15(19-12)17-10-13(21)20-8-6-7-9-20/h4-10H2,1-3H3,(H2,16,17,18,19). The number of hydrogen-bond acceptors (Lipinski definition) is 5. The molecule has 1 aliphatic rings. The summed E-state index contributed by atoms with van der Waals surface area (Å²) >= 11 is 0. The van der Waals surface area contributed by atoms with E-state index in [9.17, 15) is 4.79 Å². The highest BCUT2D eigenvalue weighted by molar-refractivity contribution is 5.81. The zero-order valence-corrected chi connectivity index (χ0v) is 13.2. The van der Waals surface area contributed by atoms with Crippen molar-refractivity contribution >= 4 is 17.5 Å². The highest BCUT2D eigenvalue weighted by Crippen LogP contribution is 2.20. The highest BCUT2D eigenvalue weighted by atomic mass is 16.2. The van der Waals surface area contributed by atoms with Gasteiger partial charge in [-0.25, -0.2) is 9.97 Å². The first-order chi connectivity index (χ1) is 10.2. The number of nitrogens with zero attached hydrogens (tertiary/aromatic N) is 3. The van der Waals surface area contributed by atoms with E-state index >= 15 is 0 Å². The molecule has 1 aromatic rings. The van der Waals surface area contributed by atoms with Crippen molar-refractivity contribution in [3.05, 3.63) is 11.4 Å². The van der Waals surface area contributed by atoms with Crippen LogP contribution in [0, 0.1) is 6.92 Å². The molecule has 2 N–H and O–H groups in total. The molecule has 1 saturated heterocycles. The van der Waals surface area contributed by atoms with Gasteiger partial charge in [-0.15, -0.1) is 0 Å². The molecule has 1 fully saturated rings. The van der Waals surface area contributed by atoms with Gasteiger partial charge in [0.15, 0.2) is 0 Å². The fourth-order valence-electron chi connectivity index (χ4n) is 2.47. The zero-order valence-electron chi connectivity index (χ0n) is 13.2. The summed E-state index contributed by atoms with van der Waals surface area (Å²) in [5, 5.41) is 6.43. The molecule has 2 rings (SSSR count). The molecule has 0 bridgehead atoms. The summed E-state index contributed by atoms with van der Waals surface area (Å²) in [6.45, 7) is 8.91. The second kappa shape index (κ2) is 7.24. The fraction of sp³-hybridized carbons (Fsp3) is 0.667. The Hall–Kier alpha value is -1.85. The number of likely N-dealkylation sites (tertiary alicyclic amines) is 1. The van der Waals surface area contributed by atoms with Gasteiger partial charge in [-0.2, -0.15) is 0 Å². The van der Waals surface area contributed by atoms with Crippen LogP contribution in [0.15, 0.2) is 0 Å². The van der Waals surface area contributed by atoms with Crippen molar-refractivity contribution in [2.24, 2.45) is 0 Å². The third kappa shape index (κ3) is 3.83. The minimum Gasteiger partial charge on any atom is -0.370 e. The van der Waals surface area contributed by atoms with E-state index in [0.29, 0.717) is 6.54 Å². The molecule has 0 unspecified atom stereocenters. The van der Waals surface area contributed by atoms with Gasteiger partial charge in [0.1, 0.15) is 17.5 Å². The van der Waals surface area contributed by atoms with E-state index in [1.165, 1.54) is 0 Å². The third-order valence-electron chi connectivity index (χ3n) is 3.72. The van der Waals surface area contributed by atoms with Gasteiger partial charge < -0.3 is 15.5 Å². The number of hydrogen-bond donors (Lipinski definition) is 2. The summed E-state index contributed by atoms with van der Waals surface area (Å²) in [5.41, 5.74) is 0.961. The Bertz CT molecular complexity index is 497.